The lowest BCUT2D eigenvalue weighted by Crippen LogP contribution is -2.28. The number of hydrogen-bond donors (Lipinski definition) is 2. The van der Waals surface area contributed by atoms with Crippen LogP contribution in [0, 0.1) is 0 Å². The van der Waals surface area contributed by atoms with Crippen LogP contribution in [0.1, 0.15) is 24.5 Å². The number of amides is 2. The van der Waals surface area contributed by atoms with Gasteiger partial charge in [0.2, 0.25) is 0 Å². The Hall–Kier alpha value is -3.73. The highest BCUT2D eigenvalue weighted by atomic mass is 32.1. The quantitative estimate of drug-likeness (QED) is 0.335. The van der Waals surface area contributed by atoms with E-state index in [-0.39, 0.29) is 6.03 Å². The molecule has 160 valence electrons. The Morgan fingerprint density at radius 1 is 1.28 bits per heavy atom. The number of pyridine rings is 1. The number of thiazole rings is 1. The lowest BCUT2D eigenvalue weighted by atomic mass is 9.99. The van der Waals surface area contributed by atoms with E-state index in [0.29, 0.717) is 11.7 Å². The van der Waals surface area contributed by atoms with Gasteiger partial charge in [-0.1, -0.05) is 29.6 Å². The first kappa shape index (κ1) is 21.5. The first-order valence-electron chi connectivity index (χ1n) is 10.5. The standard InChI is InChI=1S/C26H24N4OS/c1-3-5-10-18-13-14-28-22(15-18)21-16-20(19-11-8-6-7-9-12-19)17-23-24(21)32-26(29-23)30-25(31)27-4-2/h3,6,8-9,11-17H,1,4-5,10H2,2H3,(H2,27,29,30,31). The van der Waals surface area contributed by atoms with Gasteiger partial charge < -0.3 is 5.32 Å². The van der Waals surface area contributed by atoms with Crippen molar-refractivity contribution in [1.82, 2.24) is 15.3 Å². The number of carbonyl (C=O) groups excluding carboxylic acids is 1. The van der Waals surface area contributed by atoms with Crippen LogP contribution in [0.25, 0.3) is 27.0 Å². The van der Waals surface area contributed by atoms with Crippen LogP contribution < -0.4 is 10.6 Å². The zero-order chi connectivity index (χ0) is 22.3. The molecule has 5 nitrogen and oxygen atoms in total. The highest BCUT2D eigenvalue weighted by Gasteiger charge is 2.16. The van der Waals surface area contributed by atoms with Gasteiger partial charge in [-0.3, -0.25) is 10.3 Å². The number of benzene rings is 1. The summed E-state index contributed by atoms with van der Waals surface area (Å²) in [6, 6.07) is 8.09. The van der Waals surface area contributed by atoms with Gasteiger partial charge in [0, 0.05) is 18.3 Å². The first-order valence-corrected chi connectivity index (χ1v) is 11.3. The predicted molar refractivity (Wildman–Crippen MR) is 134 cm³/mol. The highest BCUT2D eigenvalue weighted by Crippen LogP contribution is 2.37. The highest BCUT2D eigenvalue weighted by molar-refractivity contribution is 7.22. The maximum Gasteiger partial charge on any atom is 0.321 e. The van der Waals surface area contributed by atoms with Gasteiger partial charge in [0.25, 0.3) is 0 Å². The van der Waals surface area contributed by atoms with Gasteiger partial charge in [0.1, 0.15) is 0 Å². The molecule has 0 aliphatic heterocycles. The maximum absolute atomic E-state index is 12.0. The Bertz CT molecular complexity index is 1290. The number of allylic oxidation sites excluding steroid dienone is 6. The maximum atomic E-state index is 12.0. The second-order valence-corrected chi connectivity index (χ2v) is 8.23. The van der Waals surface area contributed by atoms with Crippen molar-refractivity contribution >= 4 is 38.3 Å². The van der Waals surface area contributed by atoms with E-state index in [1.165, 1.54) is 16.9 Å². The summed E-state index contributed by atoms with van der Waals surface area (Å²) in [4.78, 5) is 21.4. The zero-order valence-electron chi connectivity index (χ0n) is 17.9. The minimum absolute atomic E-state index is 0.261. The largest absolute Gasteiger partial charge is 0.338 e. The van der Waals surface area contributed by atoms with Crippen LogP contribution in [-0.2, 0) is 6.42 Å². The van der Waals surface area contributed by atoms with E-state index in [1.807, 2.05) is 49.6 Å². The number of hydrogen-bond acceptors (Lipinski definition) is 4. The van der Waals surface area contributed by atoms with Gasteiger partial charge in [-0.05, 0) is 79.0 Å². The SMILES string of the molecule is C=CCCc1ccnc(-c2cc(C3=CC=C=CC=C3)cc3nc(NC(=O)NCC)sc23)c1. The third-order valence-corrected chi connectivity index (χ3v) is 5.97. The molecule has 2 heterocycles. The average Bonchev–Trinajstić information content (AvgIpc) is 3.00. The number of fused-ring (bicyclic) bond motifs is 1. The van der Waals surface area contributed by atoms with Crippen molar-refractivity contribution in [2.24, 2.45) is 0 Å². The smallest absolute Gasteiger partial charge is 0.321 e. The first-order chi connectivity index (χ1) is 15.7. The van der Waals surface area contributed by atoms with E-state index in [4.69, 9.17) is 4.98 Å². The van der Waals surface area contributed by atoms with Gasteiger partial charge in [0.05, 0.1) is 15.9 Å². The van der Waals surface area contributed by atoms with Crippen molar-refractivity contribution in [2.75, 3.05) is 11.9 Å². The summed E-state index contributed by atoms with van der Waals surface area (Å²) < 4.78 is 0.987. The van der Waals surface area contributed by atoms with Crippen molar-refractivity contribution < 1.29 is 4.79 Å². The van der Waals surface area contributed by atoms with E-state index in [2.05, 4.69) is 52.2 Å². The lowest BCUT2D eigenvalue weighted by Gasteiger charge is -2.09. The summed E-state index contributed by atoms with van der Waals surface area (Å²) in [6.45, 7) is 6.25. The number of nitrogens with one attached hydrogen (secondary N) is 2. The van der Waals surface area contributed by atoms with Gasteiger partial charge >= 0.3 is 6.03 Å². The number of aromatic nitrogens is 2. The molecule has 1 aliphatic carbocycles. The molecule has 2 N–H and O–H groups in total. The summed E-state index contributed by atoms with van der Waals surface area (Å²) in [5, 5.41) is 6.14. The van der Waals surface area contributed by atoms with E-state index in [9.17, 15) is 4.79 Å². The molecule has 32 heavy (non-hydrogen) atoms. The van der Waals surface area contributed by atoms with E-state index >= 15 is 0 Å². The molecule has 0 unspecified atom stereocenters. The zero-order valence-corrected chi connectivity index (χ0v) is 18.7. The van der Waals surface area contributed by atoms with Crippen LogP contribution in [0.3, 0.4) is 0 Å². The molecular weight excluding hydrogens is 416 g/mol. The molecular formula is C26H24N4OS. The molecule has 0 spiro atoms. The van der Waals surface area contributed by atoms with Crippen LogP contribution in [0.5, 0.6) is 0 Å². The monoisotopic (exact) mass is 440 g/mol. The number of urea groups is 1. The van der Waals surface area contributed by atoms with Crippen molar-refractivity contribution in [1.29, 1.82) is 0 Å². The van der Waals surface area contributed by atoms with Crippen LogP contribution in [0.2, 0.25) is 0 Å². The summed E-state index contributed by atoms with van der Waals surface area (Å²) in [5.41, 5.74) is 9.10. The minimum Gasteiger partial charge on any atom is -0.338 e. The van der Waals surface area contributed by atoms with Crippen LogP contribution in [-0.4, -0.2) is 22.5 Å². The van der Waals surface area contributed by atoms with Crippen molar-refractivity contribution in [3.8, 4) is 11.3 Å². The topological polar surface area (TPSA) is 66.9 Å². The van der Waals surface area contributed by atoms with Gasteiger partial charge in [-0.15, -0.1) is 12.3 Å². The fourth-order valence-electron chi connectivity index (χ4n) is 3.44. The number of anilines is 1. The molecule has 1 aromatic carbocycles. The molecule has 0 saturated carbocycles. The Balaban J connectivity index is 1.84. The molecule has 0 atom stereocenters. The van der Waals surface area contributed by atoms with Gasteiger partial charge in [-0.2, -0.15) is 0 Å². The molecule has 0 fully saturated rings. The third kappa shape index (κ3) is 4.94. The fourth-order valence-corrected chi connectivity index (χ4v) is 4.40. The fraction of sp³-hybridized carbons (Fsp3) is 0.154. The Kier molecular flexibility index (Phi) is 6.75. The van der Waals surface area contributed by atoms with Crippen molar-refractivity contribution in [3.63, 3.8) is 0 Å². The molecule has 2 amide bonds. The van der Waals surface area contributed by atoms with E-state index in [0.717, 1.165) is 45.5 Å². The lowest BCUT2D eigenvalue weighted by molar-refractivity contribution is 0.252. The number of aryl methyl sites for hydroxylation is 1. The van der Waals surface area contributed by atoms with Gasteiger partial charge in [0.15, 0.2) is 5.13 Å². The van der Waals surface area contributed by atoms with Crippen LogP contribution in [0.15, 0.2) is 79.2 Å². The normalized spacial score (nSPS) is 12.5. The number of carbonyl (C=O) groups is 1. The molecule has 6 heteroatoms. The van der Waals surface area contributed by atoms with E-state index in [1.54, 1.807) is 0 Å². The summed E-state index contributed by atoms with van der Waals surface area (Å²) >= 11 is 1.45. The Morgan fingerprint density at radius 3 is 3.03 bits per heavy atom. The van der Waals surface area contributed by atoms with E-state index < -0.39 is 0 Å². The third-order valence-electron chi connectivity index (χ3n) is 4.95. The molecule has 0 saturated heterocycles. The van der Waals surface area contributed by atoms with Gasteiger partial charge in [-0.25, -0.2) is 9.78 Å². The molecule has 0 radical (unpaired) electrons. The summed E-state index contributed by atoms with van der Waals surface area (Å²) in [7, 11) is 0. The molecule has 3 aromatic rings. The van der Waals surface area contributed by atoms with Crippen LogP contribution >= 0.6 is 11.3 Å². The number of rotatable bonds is 7. The minimum atomic E-state index is -0.261. The Morgan fingerprint density at radius 2 is 2.19 bits per heavy atom. The predicted octanol–water partition coefficient (Wildman–Crippen LogP) is 6.28. The Labute approximate surface area is 191 Å². The molecule has 4 rings (SSSR count). The molecule has 2 aromatic heterocycles. The van der Waals surface area contributed by atoms with Crippen molar-refractivity contribution in [3.05, 3.63) is 90.4 Å². The summed E-state index contributed by atoms with van der Waals surface area (Å²) in [5.74, 6) is 0. The second kappa shape index (κ2) is 10.1. The van der Waals surface area contributed by atoms with Crippen molar-refractivity contribution in [2.45, 2.75) is 19.8 Å². The van der Waals surface area contributed by atoms with Crippen LogP contribution in [0.4, 0.5) is 9.93 Å². The average molecular weight is 441 g/mol. The molecule has 1 aliphatic rings. The summed E-state index contributed by atoms with van der Waals surface area (Å²) in [6.07, 6.45) is 15.4. The second-order valence-electron chi connectivity index (χ2n) is 7.23. The number of nitrogens with zero attached hydrogens (tertiary/aromatic N) is 2. The molecule has 0 bridgehead atoms.